The summed E-state index contributed by atoms with van der Waals surface area (Å²) in [7, 11) is 0. The Morgan fingerprint density at radius 1 is 1.07 bits per heavy atom. The van der Waals surface area contributed by atoms with Crippen LogP contribution in [-0.2, 0) is 0 Å². The van der Waals surface area contributed by atoms with E-state index in [-0.39, 0.29) is 17.4 Å². The van der Waals surface area contributed by atoms with Crippen molar-refractivity contribution in [2.45, 2.75) is 13.3 Å². The molecule has 4 nitrogen and oxygen atoms in total. The lowest BCUT2D eigenvalue weighted by atomic mass is 10.0. The third kappa shape index (κ3) is 4.56. The van der Waals surface area contributed by atoms with Gasteiger partial charge in [0, 0.05) is 18.7 Å². The van der Waals surface area contributed by atoms with Crippen LogP contribution in [0.5, 0.6) is 5.75 Å². The van der Waals surface area contributed by atoms with Crippen LogP contribution in [-0.4, -0.2) is 28.3 Å². The van der Waals surface area contributed by atoms with Gasteiger partial charge in [-0.1, -0.05) is 29.3 Å². The van der Waals surface area contributed by atoms with Crippen LogP contribution in [0.15, 0.2) is 48.5 Å². The number of nitrogens with one attached hydrogen (secondary N) is 1. The van der Waals surface area contributed by atoms with E-state index in [0.29, 0.717) is 35.6 Å². The van der Waals surface area contributed by atoms with Crippen molar-refractivity contribution in [1.29, 1.82) is 0 Å². The summed E-state index contributed by atoms with van der Waals surface area (Å²) in [6.45, 7) is 2.55. The maximum atomic E-state index is 13.9. The number of rotatable bonds is 6. The number of anilines is 1. The molecule has 140 valence electrons. The van der Waals surface area contributed by atoms with Crippen molar-refractivity contribution in [3.63, 3.8) is 0 Å². The molecule has 0 aliphatic carbocycles. The number of benzene rings is 2. The van der Waals surface area contributed by atoms with Gasteiger partial charge in [-0.15, -0.1) is 0 Å². The molecule has 0 saturated carbocycles. The van der Waals surface area contributed by atoms with E-state index in [2.05, 4.69) is 10.3 Å². The van der Waals surface area contributed by atoms with E-state index in [4.69, 9.17) is 16.7 Å². The summed E-state index contributed by atoms with van der Waals surface area (Å²) in [4.78, 5) is 4.57. The van der Waals surface area contributed by atoms with E-state index in [1.165, 1.54) is 12.1 Å². The molecule has 3 rings (SSSR count). The molecule has 0 saturated heterocycles. The maximum Gasteiger partial charge on any atom is 0.142 e. The number of nitrogens with zero attached hydrogens (tertiary/aromatic N) is 1. The Labute approximate surface area is 162 Å². The molecule has 27 heavy (non-hydrogen) atoms. The summed E-state index contributed by atoms with van der Waals surface area (Å²) in [5, 5.41) is 22.5. The molecule has 0 amide bonds. The Kier molecular flexibility index (Phi) is 5.94. The lowest BCUT2D eigenvalue weighted by molar-refractivity contribution is 0.292. The van der Waals surface area contributed by atoms with Gasteiger partial charge in [0.25, 0.3) is 0 Å². The van der Waals surface area contributed by atoms with Crippen molar-refractivity contribution in [1.82, 2.24) is 4.98 Å². The number of halogens is 2. The van der Waals surface area contributed by atoms with Crippen molar-refractivity contribution in [3.05, 3.63) is 64.9 Å². The summed E-state index contributed by atoms with van der Waals surface area (Å²) < 4.78 is 13.9. The Balaban J connectivity index is 2.10. The second kappa shape index (κ2) is 8.37. The molecule has 2 aromatic carbocycles. The molecule has 0 aliphatic rings. The molecule has 0 atom stereocenters. The van der Waals surface area contributed by atoms with Gasteiger partial charge in [-0.2, -0.15) is 0 Å². The predicted octanol–water partition coefficient (Wildman–Crippen LogP) is 5.02. The highest BCUT2D eigenvalue weighted by Gasteiger charge is 2.12. The van der Waals surface area contributed by atoms with Gasteiger partial charge in [-0.05, 0) is 60.9 Å². The lowest BCUT2D eigenvalue weighted by Crippen LogP contribution is -2.05. The van der Waals surface area contributed by atoms with Crippen LogP contribution in [0.3, 0.4) is 0 Å². The first kappa shape index (κ1) is 19.1. The number of aromatic nitrogens is 1. The van der Waals surface area contributed by atoms with E-state index >= 15 is 0 Å². The van der Waals surface area contributed by atoms with Gasteiger partial charge in [0.1, 0.15) is 17.4 Å². The molecule has 0 spiro atoms. The number of aryl methyl sites for hydroxylation is 1. The monoisotopic (exact) mass is 386 g/mol. The first-order valence-electron chi connectivity index (χ1n) is 8.60. The first-order valence-corrected chi connectivity index (χ1v) is 8.98. The second-order valence-electron chi connectivity index (χ2n) is 6.28. The third-order valence-corrected chi connectivity index (χ3v) is 4.45. The quantitative estimate of drug-likeness (QED) is 0.520. The normalized spacial score (nSPS) is 10.8. The van der Waals surface area contributed by atoms with Crippen LogP contribution in [0.4, 0.5) is 10.2 Å². The predicted molar refractivity (Wildman–Crippen MR) is 107 cm³/mol. The van der Waals surface area contributed by atoms with Crippen molar-refractivity contribution in [3.8, 4) is 28.1 Å². The van der Waals surface area contributed by atoms with Crippen LogP contribution in [0.2, 0.25) is 5.02 Å². The van der Waals surface area contributed by atoms with E-state index in [1.807, 2.05) is 19.1 Å². The SMILES string of the molecule is Cc1ccc(O)c(-c2cc(-c3ccc(Cl)c(F)c3)cc(NCCCO)n2)c1. The lowest BCUT2D eigenvalue weighted by Gasteiger charge is -2.13. The van der Waals surface area contributed by atoms with Gasteiger partial charge < -0.3 is 15.5 Å². The average Bonchev–Trinajstić information content (AvgIpc) is 2.66. The topological polar surface area (TPSA) is 65.4 Å². The van der Waals surface area contributed by atoms with Crippen molar-refractivity contribution < 1.29 is 14.6 Å². The number of hydrogen-bond donors (Lipinski definition) is 3. The molecular formula is C21H20ClFN2O2. The Morgan fingerprint density at radius 3 is 2.63 bits per heavy atom. The summed E-state index contributed by atoms with van der Waals surface area (Å²) in [6.07, 6.45) is 0.576. The van der Waals surface area contributed by atoms with Crippen molar-refractivity contribution in [2.24, 2.45) is 0 Å². The number of aromatic hydroxyl groups is 1. The standard InChI is InChI=1S/C21H20ClFN2O2/c1-13-3-6-20(27)16(9-13)19-11-15(12-21(25-19)24-7-2-8-26)14-4-5-17(22)18(23)10-14/h3-6,9-12,26-27H,2,7-8H2,1H3,(H,24,25). The molecule has 0 unspecified atom stereocenters. The second-order valence-corrected chi connectivity index (χ2v) is 6.69. The minimum atomic E-state index is -0.499. The largest absolute Gasteiger partial charge is 0.507 e. The molecule has 0 radical (unpaired) electrons. The van der Waals surface area contributed by atoms with Gasteiger partial charge in [0.2, 0.25) is 0 Å². The number of phenolic OH excluding ortho intramolecular Hbond substituents is 1. The minimum absolute atomic E-state index is 0.0608. The van der Waals surface area contributed by atoms with E-state index in [9.17, 15) is 9.50 Å². The molecule has 0 aliphatic heterocycles. The van der Waals surface area contributed by atoms with Crippen molar-refractivity contribution in [2.75, 3.05) is 18.5 Å². The number of aliphatic hydroxyl groups is 1. The van der Waals surface area contributed by atoms with Crippen LogP contribution in [0.25, 0.3) is 22.4 Å². The molecule has 1 aromatic heterocycles. The highest BCUT2D eigenvalue weighted by atomic mass is 35.5. The summed E-state index contributed by atoms with van der Waals surface area (Å²) in [6, 6.07) is 13.5. The Hall–Kier alpha value is -2.63. The van der Waals surface area contributed by atoms with Crippen LogP contribution < -0.4 is 5.32 Å². The number of aliphatic hydroxyl groups excluding tert-OH is 1. The maximum absolute atomic E-state index is 13.9. The minimum Gasteiger partial charge on any atom is -0.507 e. The number of phenols is 1. The van der Waals surface area contributed by atoms with E-state index in [1.54, 1.807) is 24.3 Å². The van der Waals surface area contributed by atoms with Crippen LogP contribution in [0, 0.1) is 12.7 Å². The molecule has 6 heteroatoms. The zero-order valence-corrected chi connectivity index (χ0v) is 15.6. The van der Waals surface area contributed by atoms with Gasteiger partial charge in [-0.25, -0.2) is 9.37 Å². The van der Waals surface area contributed by atoms with Gasteiger partial charge in [0.15, 0.2) is 0 Å². The fourth-order valence-electron chi connectivity index (χ4n) is 2.75. The Bertz CT molecular complexity index is 963. The van der Waals surface area contributed by atoms with Crippen LogP contribution >= 0.6 is 11.6 Å². The summed E-state index contributed by atoms with van der Waals surface area (Å²) >= 11 is 5.79. The number of hydrogen-bond acceptors (Lipinski definition) is 4. The summed E-state index contributed by atoms with van der Waals surface area (Å²) in [5.41, 5.74) is 3.54. The van der Waals surface area contributed by atoms with Gasteiger partial charge in [-0.3, -0.25) is 0 Å². The molecule has 3 N–H and O–H groups in total. The van der Waals surface area contributed by atoms with Crippen LogP contribution in [0.1, 0.15) is 12.0 Å². The average molecular weight is 387 g/mol. The fraction of sp³-hybridized carbons (Fsp3) is 0.190. The zero-order chi connectivity index (χ0) is 19.4. The summed E-state index contributed by atoms with van der Waals surface area (Å²) in [5.74, 6) is 0.196. The molecule has 0 fully saturated rings. The van der Waals surface area contributed by atoms with E-state index in [0.717, 1.165) is 11.1 Å². The van der Waals surface area contributed by atoms with E-state index < -0.39 is 5.82 Å². The third-order valence-electron chi connectivity index (χ3n) is 4.15. The molecule has 0 bridgehead atoms. The van der Waals surface area contributed by atoms with Gasteiger partial charge >= 0.3 is 0 Å². The smallest absolute Gasteiger partial charge is 0.142 e. The van der Waals surface area contributed by atoms with Gasteiger partial charge in [0.05, 0.1) is 10.7 Å². The highest BCUT2D eigenvalue weighted by Crippen LogP contribution is 2.34. The highest BCUT2D eigenvalue weighted by molar-refractivity contribution is 6.30. The number of pyridine rings is 1. The molecule has 1 heterocycles. The molecule has 3 aromatic rings. The molecular weight excluding hydrogens is 367 g/mol. The van der Waals surface area contributed by atoms with Crippen molar-refractivity contribution >= 4 is 17.4 Å². The fourth-order valence-corrected chi connectivity index (χ4v) is 2.87. The first-order chi connectivity index (χ1) is 13.0. The zero-order valence-electron chi connectivity index (χ0n) is 14.8. The Morgan fingerprint density at radius 2 is 1.89 bits per heavy atom.